The van der Waals surface area contributed by atoms with Crippen molar-refractivity contribution in [3.8, 4) is 18.1 Å². The Balaban J connectivity index is 2.78. The molecule has 2 heteroatoms. The third-order valence-electron chi connectivity index (χ3n) is 2.07. The number of aryl methyl sites for hydroxylation is 2. The Morgan fingerprint density at radius 1 is 1.36 bits per heavy atom. The van der Waals surface area contributed by atoms with Gasteiger partial charge in [0.05, 0.1) is 6.61 Å². The molecule has 0 atom stereocenters. The fraction of sp³-hybridized carbons (Fsp3) is 0.333. The minimum absolute atomic E-state index is 0.542. The maximum absolute atomic E-state index is 5.77. The zero-order valence-electron chi connectivity index (χ0n) is 8.63. The van der Waals surface area contributed by atoms with Gasteiger partial charge in [0.1, 0.15) is 5.75 Å². The van der Waals surface area contributed by atoms with Crippen molar-refractivity contribution in [3.63, 3.8) is 0 Å². The van der Waals surface area contributed by atoms with E-state index in [0.29, 0.717) is 13.0 Å². The number of hydrogen-bond donors (Lipinski definition) is 1. The quantitative estimate of drug-likeness (QED) is 0.450. The van der Waals surface area contributed by atoms with E-state index in [-0.39, 0.29) is 0 Å². The zero-order chi connectivity index (χ0) is 10.6. The van der Waals surface area contributed by atoms with Crippen molar-refractivity contribution in [1.29, 1.82) is 0 Å². The third-order valence-corrected chi connectivity index (χ3v) is 2.07. The van der Waals surface area contributed by atoms with Gasteiger partial charge in [-0.3, -0.25) is 0 Å². The van der Waals surface area contributed by atoms with Gasteiger partial charge in [0, 0.05) is 18.2 Å². The maximum atomic E-state index is 5.77. The lowest BCUT2D eigenvalue weighted by atomic mass is 10.1. The van der Waals surface area contributed by atoms with Crippen LogP contribution >= 0.6 is 0 Å². The average Bonchev–Trinajstić information content (AvgIpc) is 2.14. The van der Waals surface area contributed by atoms with E-state index < -0.39 is 0 Å². The van der Waals surface area contributed by atoms with E-state index in [1.165, 1.54) is 0 Å². The molecule has 74 valence electrons. The van der Waals surface area contributed by atoms with Crippen molar-refractivity contribution in [3.05, 3.63) is 23.3 Å². The first-order valence-corrected chi connectivity index (χ1v) is 4.58. The van der Waals surface area contributed by atoms with Crippen LogP contribution in [0.1, 0.15) is 17.5 Å². The second kappa shape index (κ2) is 4.57. The molecule has 0 saturated heterocycles. The van der Waals surface area contributed by atoms with Gasteiger partial charge in [-0.15, -0.1) is 12.3 Å². The Bertz CT molecular complexity index is 363. The highest BCUT2D eigenvalue weighted by molar-refractivity contribution is 5.54. The molecule has 0 bridgehead atoms. The number of nitrogen functional groups attached to an aromatic ring is 1. The summed E-state index contributed by atoms with van der Waals surface area (Å²) in [7, 11) is 0. The summed E-state index contributed by atoms with van der Waals surface area (Å²) in [5.74, 6) is 3.35. The van der Waals surface area contributed by atoms with Gasteiger partial charge < -0.3 is 10.5 Å². The van der Waals surface area contributed by atoms with Gasteiger partial charge in [-0.05, 0) is 25.0 Å². The van der Waals surface area contributed by atoms with Crippen LogP contribution in [0.5, 0.6) is 5.75 Å². The van der Waals surface area contributed by atoms with Crippen molar-refractivity contribution in [2.45, 2.75) is 20.3 Å². The van der Waals surface area contributed by atoms with Crippen LogP contribution in [0.2, 0.25) is 0 Å². The highest BCUT2D eigenvalue weighted by atomic mass is 16.5. The second-order valence-corrected chi connectivity index (χ2v) is 3.28. The van der Waals surface area contributed by atoms with Crippen LogP contribution in [0, 0.1) is 26.2 Å². The highest BCUT2D eigenvalue weighted by Crippen LogP contribution is 2.24. The van der Waals surface area contributed by atoms with Crippen LogP contribution in [0.4, 0.5) is 5.69 Å². The predicted octanol–water partition coefficient (Wildman–Crippen LogP) is 2.29. The van der Waals surface area contributed by atoms with Crippen LogP contribution in [0.3, 0.4) is 0 Å². The molecule has 1 rings (SSSR count). The molecule has 0 unspecified atom stereocenters. The summed E-state index contributed by atoms with van der Waals surface area (Å²) in [6, 6.07) is 3.86. The van der Waals surface area contributed by atoms with Crippen LogP contribution in [0.15, 0.2) is 12.1 Å². The molecule has 1 aromatic rings. The van der Waals surface area contributed by atoms with Crippen molar-refractivity contribution < 1.29 is 4.74 Å². The lowest BCUT2D eigenvalue weighted by Crippen LogP contribution is -1.99. The lowest BCUT2D eigenvalue weighted by Gasteiger charge is -2.10. The Morgan fingerprint density at radius 2 is 2.07 bits per heavy atom. The highest BCUT2D eigenvalue weighted by Gasteiger charge is 2.02. The molecule has 0 aliphatic heterocycles. The molecule has 2 N–H and O–H groups in total. The van der Waals surface area contributed by atoms with E-state index in [4.69, 9.17) is 16.9 Å². The minimum Gasteiger partial charge on any atom is -0.492 e. The molecule has 0 spiro atoms. The monoisotopic (exact) mass is 189 g/mol. The van der Waals surface area contributed by atoms with E-state index in [2.05, 4.69) is 5.92 Å². The first-order valence-electron chi connectivity index (χ1n) is 4.58. The van der Waals surface area contributed by atoms with Gasteiger partial charge in [-0.1, -0.05) is 6.07 Å². The topological polar surface area (TPSA) is 35.2 Å². The predicted molar refractivity (Wildman–Crippen MR) is 59.3 cm³/mol. The molecule has 1 aromatic carbocycles. The van der Waals surface area contributed by atoms with E-state index >= 15 is 0 Å². The molecular formula is C12H15NO. The first-order chi connectivity index (χ1) is 6.65. The first kappa shape index (κ1) is 10.5. The van der Waals surface area contributed by atoms with Crippen molar-refractivity contribution in [2.75, 3.05) is 12.3 Å². The second-order valence-electron chi connectivity index (χ2n) is 3.28. The van der Waals surface area contributed by atoms with Crippen molar-refractivity contribution in [1.82, 2.24) is 0 Å². The summed E-state index contributed by atoms with van der Waals surface area (Å²) >= 11 is 0. The van der Waals surface area contributed by atoms with Gasteiger partial charge in [0.2, 0.25) is 0 Å². The molecule has 2 nitrogen and oxygen atoms in total. The molecule has 0 amide bonds. The van der Waals surface area contributed by atoms with Crippen molar-refractivity contribution >= 4 is 5.69 Å². The smallest absolute Gasteiger partial charge is 0.124 e. The number of nitrogens with two attached hydrogens (primary N) is 1. The summed E-state index contributed by atoms with van der Waals surface area (Å²) < 4.78 is 5.49. The maximum Gasteiger partial charge on any atom is 0.124 e. The molecule has 0 radical (unpaired) electrons. The van der Waals surface area contributed by atoms with E-state index in [1.807, 2.05) is 26.0 Å². The van der Waals surface area contributed by atoms with Gasteiger partial charge >= 0.3 is 0 Å². The summed E-state index contributed by atoms with van der Waals surface area (Å²) in [4.78, 5) is 0. The largest absolute Gasteiger partial charge is 0.492 e. The molecule has 0 aliphatic carbocycles. The summed E-state index contributed by atoms with van der Waals surface area (Å²) in [6.07, 6.45) is 5.75. The number of anilines is 1. The van der Waals surface area contributed by atoms with Crippen LogP contribution < -0.4 is 10.5 Å². The average molecular weight is 189 g/mol. The van der Waals surface area contributed by atoms with Gasteiger partial charge in [0.25, 0.3) is 0 Å². The number of rotatable bonds is 3. The zero-order valence-corrected chi connectivity index (χ0v) is 8.63. The Hall–Kier alpha value is -1.62. The molecule has 14 heavy (non-hydrogen) atoms. The van der Waals surface area contributed by atoms with Crippen LogP contribution in [-0.4, -0.2) is 6.61 Å². The number of ether oxygens (including phenoxy) is 1. The summed E-state index contributed by atoms with van der Waals surface area (Å²) in [6.45, 7) is 4.52. The van der Waals surface area contributed by atoms with Gasteiger partial charge in [-0.25, -0.2) is 0 Å². The Morgan fingerprint density at radius 3 is 2.71 bits per heavy atom. The van der Waals surface area contributed by atoms with Crippen molar-refractivity contribution in [2.24, 2.45) is 0 Å². The number of benzene rings is 1. The molecule has 0 saturated carbocycles. The molecule has 0 fully saturated rings. The SMILES string of the molecule is C#CCCOc1cc(N)c(C)cc1C. The van der Waals surface area contributed by atoms with E-state index in [9.17, 15) is 0 Å². The molecular weight excluding hydrogens is 174 g/mol. The summed E-state index contributed by atoms with van der Waals surface area (Å²) in [5, 5.41) is 0. The fourth-order valence-electron chi connectivity index (χ4n) is 1.22. The van der Waals surface area contributed by atoms with Crippen LogP contribution in [-0.2, 0) is 0 Å². The number of hydrogen-bond acceptors (Lipinski definition) is 2. The number of terminal acetylenes is 1. The molecule has 0 aliphatic rings. The Kier molecular flexibility index (Phi) is 3.41. The Labute approximate surface area is 85.1 Å². The standard InChI is InChI=1S/C12H15NO/c1-4-5-6-14-12-8-11(13)9(2)7-10(12)3/h1,7-8H,5-6,13H2,2-3H3. The van der Waals surface area contributed by atoms with Gasteiger partial charge in [-0.2, -0.15) is 0 Å². The summed E-state index contributed by atoms with van der Waals surface area (Å²) in [5.41, 5.74) is 8.70. The fourth-order valence-corrected chi connectivity index (χ4v) is 1.22. The molecule has 0 aromatic heterocycles. The van der Waals surface area contributed by atoms with Gasteiger partial charge in [0.15, 0.2) is 0 Å². The van der Waals surface area contributed by atoms with E-state index in [0.717, 1.165) is 22.6 Å². The van der Waals surface area contributed by atoms with Crippen LogP contribution in [0.25, 0.3) is 0 Å². The lowest BCUT2D eigenvalue weighted by molar-refractivity contribution is 0.325. The third kappa shape index (κ3) is 2.43. The van der Waals surface area contributed by atoms with E-state index in [1.54, 1.807) is 0 Å². The molecule has 0 heterocycles. The normalized spacial score (nSPS) is 9.50. The minimum atomic E-state index is 0.542.